The van der Waals surface area contributed by atoms with Gasteiger partial charge in [-0.25, -0.2) is 13.8 Å². The Morgan fingerprint density at radius 2 is 1.56 bits per heavy atom. The van der Waals surface area contributed by atoms with Gasteiger partial charge in [0.15, 0.2) is 17.1 Å². The number of fused-ring (bicyclic) bond motifs is 10. The van der Waals surface area contributed by atoms with Crippen molar-refractivity contribution in [3.05, 3.63) is 129 Å². The van der Waals surface area contributed by atoms with Crippen LogP contribution in [-0.2, 0) is 12.8 Å². The molecule has 176 valence electrons. The third-order valence-electron chi connectivity index (χ3n) is 6.47. The number of benzene rings is 3. The Morgan fingerprint density at radius 3 is 2.42 bits per heavy atom. The summed E-state index contributed by atoms with van der Waals surface area (Å²) in [5.74, 6) is -2.47. The van der Waals surface area contributed by atoms with Gasteiger partial charge < -0.3 is 5.32 Å². The number of amidine groups is 1. The number of amides is 1. The minimum Gasteiger partial charge on any atom is -0.310 e. The summed E-state index contributed by atoms with van der Waals surface area (Å²) in [7, 11) is 0. The van der Waals surface area contributed by atoms with Gasteiger partial charge >= 0.3 is 0 Å². The maximum atomic E-state index is 14.2. The molecule has 0 saturated carbocycles. The molecule has 0 saturated heterocycles. The van der Waals surface area contributed by atoms with Gasteiger partial charge in [-0.1, -0.05) is 30.3 Å². The van der Waals surface area contributed by atoms with Crippen LogP contribution in [0.2, 0.25) is 0 Å². The third kappa shape index (κ3) is 4.09. The van der Waals surface area contributed by atoms with Gasteiger partial charge in [0, 0.05) is 41.3 Å². The molecule has 5 nitrogen and oxygen atoms in total. The highest BCUT2D eigenvalue weighted by molar-refractivity contribution is 6.11. The molecule has 2 aliphatic heterocycles. The van der Waals surface area contributed by atoms with E-state index in [0.29, 0.717) is 46.9 Å². The van der Waals surface area contributed by atoms with Gasteiger partial charge in [-0.2, -0.15) is 0 Å². The molecule has 1 aromatic heterocycles. The second-order valence-corrected chi connectivity index (χ2v) is 8.98. The van der Waals surface area contributed by atoms with Crippen LogP contribution < -0.4 is 10.7 Å². The van der Waals surface area contributed by atoms with Gasteiger partial charge in [0.2, 0.25) is 0 Å². The van der Waals surface area contributed by atoms with E-state index in [1.807, 2.05) is 30.3 Å². The molecule has 7 heteroatoms. The fourth-order valence-corrected chi connectivity index (χ4v) is 4.77. The van der Waals surface area contributed by atoms with E-state index in [9.17, 15) is 18.4 Å². The Bertz CT molecular complexity index is 1650. The molecule has 3 heterocycles. The molecule has 1 N–H and O–H groups in total. The van der Waals surface area contributed by atoms with Crippen molar-refractivity contribution in [2.24, 2.45) is 4.99 Å². The van der Waals surface area contributed by atoms with Crippen LogP contribution in [0.5, 0.6) is 0 Å². The number of nitrogens with zero attached hydrogens (tertiary/aromatic N) is 2. The molecule has 2 aliphatic rings. The minimum absolute atomic E-state index is 0.160. The SMILES string of the molecule is O=C1NC2=Nc3cc(F)c(F)cc3C2Cc2cccc(c2)-c2ccc(=O)cc(n2)Cc2cccc1c2. The molecular weight excluding hydrogens is 460 g/mol. The fraction of sp³-hybridized carbons (Fsp3) is 0.103. The summed E-state index contributed by atoms with van der Waals surface area (Å²) in [6.45, 7) is 0. The number of aromatic nitrogens is 1. The zero-order chi connectivity index (χ0) is 24.8. The molecule has 0 aliphatic carbocycles. The first kappa shape index (κ1) is 22.0. The lowest BCUT2D eigenvalue weighted by molar-refractivity contribution is 0.0976. The monoisotopic (exact) mass is 479 g/mol. The van der Waals surface area contributed by atoms with Gasteiger partial charge in [0.05, 0.1) is 11.4 Å². The predicted octanol–water partition coefficient (Wildman–Crippen LogP) is 5.09. The van der Waals surface area contributed by atoms with E-state index in [2.05, 4.69) is 10.3 Å². The van der Waals surface area contributed by atoms with E-state index in [1.165, 1.54) is 12.1 Å². The highest BCUT2D eigenvalue weighted by atomic mass is 19.2. The van der Waals surface area contributed by atoms with Crippen molar-refractivity contribution >= 4 is 17.4 Å². The lowest BCUT2D eigenvalue weighted by atomic mass is 9.90. The summed E-state index contributed by atoms with van der Waals surface area (Å²) in [6, 6.07) is 21.6. The molecule has 36 heavy (non-hydrogen) atoms. The quantitative estimate of drug-likeness (QED) is 0.382. The zero-order valence-corrected chi connectivity index (χ0v) is 19.0. The largest absolute Gasteiger partial charge is 0.310 e. The number of halogens is 2. The van der Waals surface area contributed by atoms with E-state index in [-0.39, 0.29) is 11.3 Å². The fourth-order valence-electron chi connectivity index (χ4n) is 4.77. The number of carbonyl (C=O) groups excluding carboxylic acids is 1. The molecular formula is C29H19F2N3O2. The van der Waals surface area contributed by atoms with E-state index in [4.69, 9.17) is 4.98 Å². The van der Waals surface area contributed by atoms with E-state index >= 15 is 0 Å². The van der Waals surface area contributed by atoms with Crippen LogP contribution in [0.1, 0.15) is 38.7 Å². The van der Waals surface area contributed by atoms with Crippen molar-refractivity contribution in [2.75, 3.05) is 0 Å². The van der Waals surface area contributed by atoms with Gasteiger partial charge in [0.1, 0.15) is 5.84 Å². The van der Waals surface area contributed by atoms with E-state index < -0.39 is 17.6 Å². The first-order chi connectivity index (χ1) is 17.4. The highest BCUT2D eigenvalue weighted by Gasteiger charge is 2.31. The number of aliphatic imine (C=N–C) groups is 1. The Kier molecular flexibility index (Phi) is 5.25. The molecule has 1 unspecified atom stereocenters. The van der Waals surface area contributed by atoms with Crippen molar-refractivity contribution in [3.8, 4) is 11.3 Å². The minimum atomic E-state index is -0.989. The standard InChI is InChI=1S/C29H19F2N3O2/c30-24-14-22-23-12-17-4-1-5-18(9-17)26-8-7-21(35)13-20(32-26)11-16-3-2-6-19(10-16)29(36)34-28(23)33-27(22)15-25(24)31/h1-10,13-15,23H,11-12H2,(H,33,34,36). The van der Waals surface area contributed by atoms with Crippen molar-refractivity contribution < 1.29 is 13.6 Å². The second kappa shape index (κ2) is 8.61. The predicted molar refractivity (Wildman–Crippen MR) is 133 cm³/mol. The maximum absolute atomic E-state index is 14.2. The second-order valence-electron chi connectivity index (χ2n) is 8.98. The van der Waals surface area contributed by atoms with Crippen molar-refractivity contribution in [2.45, 2.75) is 18.8 Å². The van der Waals surface area contributed by atoms with Crippen molar-refractivity contribution in [1.29, 1.82) is 0 Å². The summed E-state index contributed by atoms with van der Waals surface area (Å²) in [6.07, 6.45) is 0.759. The lowest BCUT2D eigenvalue weighted by Gasteiger charge is -2.17. The third-order valence-corrected chi connectivity index (χ3v) is 6.47. The highest BCUT2D eigenvalue weighted by Crippen LogP contribution is 2.38. The number of hydrogen-bond acceptors (Lipinski definition) is 4. The molecule has 1 amide bonds. The van der Waals surface area contributed by atoms with Gasteiger partial charge in [0.25, 0.3) is 5.91 Å². The van der Waals surface area contributed by atoms with Crippen molar-refractivity contribution in [1.82, 2.24) is 10.3 Å². The Morgan fingerprint density at radius 1 is 0.806 bits per heavy atom. The molecule has 0 spiro atoms. The number of nitrogens with one attached hydrogen (secondary N) is 1. The van der Waals surface area contributed by atoms with Crippen molar-refractivity contribution in [3.63, 3.8) is 0 Å². The first-order valence-corrected chi connectivity index (χ1v) is 11.5. The average molecular weight is 479 g/mol. The Labute approximate surface area is 205 Å². The Balaban J connectivity index is 1.54. The van der Waals surface area contributed by atoms with E-state index in [0.717, 1.165) is 28.8 Å². The molecule has 6 bridgehead atoms. The van der Waals surface area contributed by atoms with Crippen LogP contribution in [-0.4, -0.2) is 16.7 Å². The summed E-state index contributed by atoms with van der Waals surface area (Å²) in [5, 5.41) is 2.87. The van der Waals surface area contributed by atoms with Crippen LogP contribution in [0.15, 0.2) is 88.6 Å². The summed E-state index contributed by atoms with van der Waals surface area (Å²) >= 11 is 0. The average Bonchev–Trinajstić information content (AvgIpc) is 3.04. The van der Waals surface area contributed by atoms with Crippen LogP contribution in [0, 0.1) is 11.6 Å². The van der Waals surface area contributed by atoms with E-state index in [1.54, 1.807) is 24.3 Å². The van der Waals surface area contributed by atoms with Crippen LogP contribution in [0.3, 0.4) is 0 Å². The number of carbonyl (C=O) groups is 1. The number of rotatable bonds is 0. The van der Waals surface area contributed by atoms with Crippen LogP contribution >= 0.6 is 0 Å². The lowest BCUT2D eigenvalue weighted by Crippen LogP contribution is -2.34. The molecule has 4 aromatic rings. The van der Waals surface area contributed by atoms with Crippen LogP contribution in [0.25, 0.3) is 11.3 Å². The molecule has 1 atom stereocenters. The number of hydrogen-bond donors (Lipinski definition) is 1. The maximum Gasteiger partial charge on any atom is 0.256 e. The van der Waals surface area contributed by atoms with Gasteiger partial charge in [-0.3, -0.25) is 14.6 Å². The molecule has 3 aromatic carbocycles. The zero-order valence-electron chi connectivity index (χ0n) is 19.0. The normalized spacial score (nSPS) is 16.1. The summed E-state index contributed by atoms with van der Waals surface area (Å²) in [5.41, 5.74) is 4.80. The Hall–Kier alpha value is -4.52. The molecule has 0 radical (unpaired) electrons. The first-order valence-electron chi connectivity index (χ1n) is 11.5. The topological polar surface area (TPSA) is 71.4 Å². The summed E-state index contributed by atoms with van der Waals surface area (Å²) in [4.78, 5) is 34.8. The van der Waals surface area contributed by atoms with Gasteiger partial charge in [-0.05, 0) is 59.5 Å². The molecule has 0 fully saturated rings. The van der Waals surface area contributed by atoms with Gasteiger partial charge in [-0.15, -0.1) is 0 Å². The molecule has 6 rings (SSSR count). The van der Waals surface area contributed by atoms with Crippen LogP contribution in [0.4, 0.5) is 14.5 Å². The summed E-state index contributed by atoms with van der Waals surface area (Å²) < 4.78 is 28.2. The smallest absolute Gasteiger partial charge is 0.256 e.